The van der Waals surface area contributed by atoms with Gasteiger partial charge in [-0.25, -0.2) is 4.99 Å². The van der Waals surface area contributed by atoms with Crippen LogP contribution in [0.3, 0.4) is 0 Å². The molecule has 1 aromatic rings. The summed E-state index contributed by atoms with van der Waals surface area (Å²) in [5.74, 6) is 1.79. The third-order valence-electron chi connectivity index (χ3n) is 2.69. The van der Waals surface area contributed by atoms with Gasteiger partial charge in [0.25, 0.3) is 0 Å². The smallest absolute Gasteiger partial charge is 0.191 e. The lowest BCUT2D eigenvalue weighted by molar-refractivity contribution is 0.380. The van der Waals surface area contributed by atoms with Crippen molar-refractivity contribution < 1.29 is 4.52 Å². The Labute approximate surface area is 109 Å². The van der Waals surface area contributed by atoms with Crippen molar-refractivity contribution in [2.24, 2.45) is 4.99 Å². The highest BCUT2D eigenvalue weighted by Crippen LogP contribution is 2.16. The van der Waals surface area contributed by atoms with Crippen LogP contribution in [0.5, 0.6) is 0 Å². The molecule has 0 bridgehead atoms. The van der Waals surface area contributed by atoms with E-state index in [2.05, 4.69) is 48.5 Å². The summed E-state index contributed by atoms with van der Waals surface area (Å²) in [6.45, 7) is 10.6. The Morgan fingerprint density at radius 2 is 1.78 bits per heavy atom. The zero-order chi connectivity index (χ0) is 13.4. The summed E-state index contributed by atoms with van der Waals surface area (Å²) in [5, 5.41) is 10.5. The Hall–Kier alpha value is -1.52. The van der Waals surface area contributed by atoms with Gasteiger partial charge in [-0.3, -0.25) is 0 Å². The molecule has 0 aliphatic heterocycles. The van der Waals surface area contributed by atoms with Gasteiger partial charge >= 0.3 is 0 Å². The SMILES string of the molecule is CCNC(=NCc1c(CC)noc1CC)NCC. The minimum absolute atomic E-state index is 0.616. The molecular weight excluding hydrogens is 228 g/mol. The molecule has 1 heterocycles. The predicted octanol–water partition coefficient (Wildman–Crippen LogP) is 1.87. The van der Waals surface area contributed by atoms with Gasteiger partial charge in [0.15, 0.2) is 5.96 Å². The van der Waals surface area contributed by atoms with Crippen molar-refractivity contribution in [3.05, 3.63) is 17.0 Å². The van der Waals surface area contributed by atoms with Crippen molar-refractivity contribution in [1.82, 2.24) is 15.8 Å². The van der Waals surface area contributed by atoms with E-state index >= 15 is 0 Å². The molecule has 0 saturated carbocycles. The summed E-state index contributed by atoms with van der Waals surface area (Å²) < 4.78 is 5.33. The number of hydrogen-bond acceptors (Lipinski definition) is 3. The zero-order valence-corrected chi connectivity index (χ0v) is 11.8. The number of aryl methyl sites for hydroxylation is 2. The van der Waals surface area contributed by atoms with Crippen LogP contribution < -0.4 is 10.6 Å². The Morgan fingerprint density at radius 1 is 1.11 bits per heavy atom. The second-order valence-corrected chi connectivity index (χ2v) is 3.96. The number of rotatable bonds is 6. The zero-order valence-electron chi connectivity index (χ0n) is 11.8. The lowest BCUT2D eigenvalue weighted by atomic mass is 10.1. The number of aliphatic imine (C=N–C) groups is 1. The molecule has 0 amide bonds. The molecule has 102 valence electrons. The van der Waals surface area contributed by atoms with Gasteiger partial charge in [-0.05, 0) is 20.3 Å². The van der Waals surface area contributed by atoms with E-state index in [1.54, 1.807) is 0 Å². The highest BCUT2D eigenvalue weighted by molar-refractivity contribution is 5.79. The minimum atomic E-state index is 0.616. The van der Waals surface area contributed by atoms with Gasteiger partial charge in [-0.2, -0.15) is 0 Å². The van der Waals surface area contributed by atoms with E-state index in [9.17, 15) is 0 Å². The van der Waals surface area contributed by atoms with E-state index < -0.39 is 0 Å². The maximum Gasteiger partial charge on any atom is 0.191 e. The van der Waals surface area contributed by atoms with Crippen molar-refractivity contribution in [2.75, 3.05) is 13.1 Å². The first-order valence-corrected chi connectivity index (χ1v) is 6.75. The molecule has 0 aromatic carbocycles. The molecule has 5 heteroatoms. The largest absolute Gasteiger partial charge is 0.361 e. The number of nitrogens with one attached hydrogen (secondary N) is 2. The van der Waals surface area contributed by atoms with Gasteiger partial charge < -0.3 is 15.2 Å². The number of hydrogen-bond donors (Lipinski definition) is 2. The molecule has 0 atom stereocenters. The number of aromatic nitrogens is 1. The fraction of sp³-hybridized carbons (Fsp3) is 0.692. The van der Waals surface area contributed by atoms with Crippen LogP contribution in [-0.4, -0.2) is 24.2 Å². The summed E-state index contributed by atoms with van der Waals surface area (Å²) in [4.78, 5) is 4.56. The Kier molecular flexibility index (Phi) is 6.25. The maximum atomic E-state index is 5.33. The molecule has 1 aromatic heterocycles. The van der Waals surface area contributed by atoms with Crippen LogP contribution in [0.25, 0.3) is 0 Å². The van der Waals surface area contributed by atoms with Crippen LogP contribution >= 0.6 is 0 Å². The van der Waals surface area contributed by atoms with Crippen LogP contribution in [0.1, 0.15) is 44.7 Å². The lowest BCUT2D eigenvalue weighted by Gasteiger charge is -2.09. The van der Waals surface area contributed by atoms with Crippen molar-refractivity contribution in [3.63, 3.8) is 0 Å². The fourth-order valence-electron chi connectivity index (χ4n) is 1.78. The average molecular weight is 252 g/mol. The minimum Gasteiger partial charge on any atom is -0.361 e. The third-order valence-corrected chi connectivity index (χ3v) is 2.69. The van der Waals surface area contributed by atoms with Gasteiger partial charge in [0, 0.05) is 25.1 Å². The maximum absolute atomic E-state index is 5.33. The van der Waals surface area contributed by atoms with Crippen molar-refractivity contribution in [3.8, 4) is 0 Å². The number of guanidine groups is 1. The number of nitrogens with zero attached hydrogens (tertiary/aromatic N) is 2. The summed E-state index contributed by atoms with van der Waals surface area (Å²) >= 11 is 0. The van der Waals surface area contributed by atoms with Crippen molar-refractivity contribution in [2.45, 2.75) is 47.1 Å². The molecule has 0 aliphatic carbocycles. The molecule has 0 saturated heterocycles. The molecule has 0 aliphatic rings. The van der Waals surface area contributed by atoms with Gasteiger partial charge in [-0.1, -0.05) is 19.0 Å². The summed E-state index contributed by atoms with van der Waals surface area (Å²) in [6, 6.07) is 0. The summed E-state index contributed by atoms with van der Waals surface area (Å²) in [6.07, 6.45) is 1.74. The van der Waals surface area contributed by atoms with E-state index in [4.69, 9.17) is 4.52 Å². The second kappa shape index (κ2) is 7.74. The quantitative estimate of drug-likeness (QED) is 0.599. The van der Waals surface area contributed by atoms with E-state index in [-0.39, 0.29) is 0 Å². The molecule has 5 nitrogen and oxygen atoms in total. The van der Waals surface area contributed by atoms with Gasteiger partial charge in [0.05, 0.1) is 12.2 Å². The average Bonchev–Trinajstić information content (AvgIpc) is 2.78. The Bertz CT molecular complexity index is 355. The van der Waals surface area contributed by atoms with E-state index in [1.165, 1.54) is 0 Å². The third kappa shape index (κ3) is 3.75. The Balaban J connectivity index is 2.81. The Morgan fingerprint density at radius 3 is 2.28 bits per heavy atom. The standard InChI is InChI=1S/C13H24N4O/c1-5-11-10(12(6-2)18-17-11)9-16-13(14-7-3)15-8-4/h5-9H2,1-4H3,(H2,14,15,16). The molecule has 2 N–H and O–H groups in total. The van der Waals surface area contributed by atoms with Crippen LogP contribution in [0.2, 0.25) is 0 Å². The second-order valence-electron chi connectivity index (χ2n) is 3.96. The van der Waals surface area contributed by atoms with E-state index in [0.717, 1.165) is 48.9 Å². The predicted molar refractivity (Wildman–Crippen MR) is 73.8 cm³/mol. The van der Waals surface area contributed by atoms with Crippen molar-refractivity contribution >= 4 is 5.96 Å². The summed E-state index contributed by atoms with van der Waals surface area (Å²) in [7, 11) is 0. The normalized spacial score (nSPS) is 10.2. The van der Waals surface area contributed by atoms with Crippen LogP contribution in [0.4, 0.5) is 0 Å². The van der Waals surface area contributed by atoms with Gasteiger partial charge in [-0.15, -0.1) is 0 Å². The molecule has 18 heavy (non-hydrogen) atoms. The van der Waals surface area contributed by atoms with E-state index in [0.29, 0.717) is 6.54 Å². The molecular formula is C13H24N4O. The van der Waals surface area contributed by atoms with Crippen LogP contribution in [0, 0.1) is 0 Å². The summed E-state index contributed by atoms with van der Waals surface area (Å²) in [5.41, 5.74) is 2.15. The fourth-order valence-corrected chi connectivity index (χ4v) is 1.78. The van der Waals surface area contributed by atoms with Gasteiger partial charge in [0.2, 0.25) is 0 Å². The monoisotopic (exact) mass is 252 g/mol. The van der Waals surface area contributed by atoms with Gasteiger partial charge in [0.1, 0.15) is 5.76 Å². The van der Waals surface area contributed by atoms with Crippen molar-refractivity contribution in [1.29, 1.82) is 0 Å². The van der Waals surface area contributed by atoms with Crippen LogP contribution in [0.15, 0.2) is 9.52 Å². The van der Waals surface area contributed by atoms with Crippen LogP contribution in [-0.2, 0) is 19.4 Å². The first-order valence-electron chi connectivity index (χ1n) is 6.75. The topological polar surface area (TPSA) is 62.5 Å². The first-order chi connectivity index (χ1) is 8.76. The highest BCUT2D eigenvalue weighted by Gasteiger charge is 2.12. The highest BCUT2D eigenvalue weighted by atomic mass is 16.5. The first kappa shape index (κ1) is 14.5. The van der Waals surface area contributed by atoms with E-state index in [1.807, 2.05) is 0 Å². The molecule has 0 unspecified atom stereocenters. The molecule has 0 fully saturated rings. The lowest BCUT2D eigenvalue weighted by Crippen LogP contribution is -2.37. The molecule has 0 radical (unpaired) electrons. The molecule has 0 spiro atoms. The molecule has 1 rings (SSSR count).